The molecule has 0 saturated heterocycles. The molecule has 0 aliphatic rings. The summed E-state index contributed by atoms with van der Waals surface area (Å²) in [5.41, 5.74) is 4.10. The van der Waals surface area contributed by atoms with Gasteiger partial charge in [-0.05, 0) is 49.2 Å². The number of halogens is 1. The zero-order valence-corrected chi connectivity index (χ0v) is 17.7. The number of ether oxygens (including phenoxy) is 4. The summed E-state index contributed by atoms with van der Waals surface area (Å²) in [4.78, 5) is 12.0. The zero-order chi connectivity index (χ0) is 21.2. The fraction of sp³-hybridized carbons (Fsp3) is 0.333. The second-order valence-corrected chi connectivity index (χ2v) is 6.51. The van der Waals surface area contributed by atoms with Crippen molar-refractivity contribution in [2.45, 2.75) is 19.8 Å². The number of nitrogens with one attached hydrogen (secondary N) is 1. The van der Waals surface area contributed by atoms with Gasteiger partial charge < -0.3 is 18.9 Å². The molecule has 2 aromatic carbocycles. The largest absolute Gasteiger partial charge is 0.493 e. The first-order valence-electron chi connectivity index (χ1n) is 9.00. The van der Waals surface area contributed by atoms with Gasteiger partial charge >= 0.3 is 0 Å². The van der Waals surface area contributed by atoms with Gasteiger partial charge in [0.15, 0.2) is 11.5 Å². The first kappa shape index (κ1) is 22.4. The van der Waals surface area contributed by atoms with Gasteiger partial charge in [-0.2, -0.15) is 5.10 Å². The van der Waals surface area contributed by atoms with Crippen LogP contribution in [0.15, 0.2) is 35.4 Å². The fourth-order valence-electron chi connectivity index (χ4n) is 2.65. The van der Waals surface area contributed by atoms with Crippen LogP contribution < -0.4 is 24.4 Å². The minimum atomic E-state index is -0.211. The van der Waals surface area contributed by atoms with Gasteiger partial charge in [-0.25, -0.2) is 5.43 Å². The van der Waals surface area contributed by atoms with Crippen LogP contribution in [0.2, 0.25) is 5.02 Å². The Bertz CT molecular complexity index is 870. The molecule has 0 unspecified atom stereocenters. The van der Waals surface area contributed by atoms with Gasteiger partial charge in [0.05, 0.1) is 34.2 Å². The Kier molecular flexibility index (Phi) is 8.61. The summed E-state index contributed by atoms with van der Waals surface area (Å²) < 4.78 is 21.6. The normalized spacial score (nSPS) is 10.7. The molecular formula is C21H25ClN2O5. The van der Waals surface area contributed by atoms with Crippen molar-refractivity contribution in [1.29, 1.82) is 0 Å². The lowest BCUT2D eigenvalue weighted by Crippen LogP contribution is -2.18. The Labute approximate surface area is 175 Å². The van der Waals surface area contributed by atoms with Crippen LogP contribution in [0.25, 0.3) is 0 Å². The number of nitrogens with zero attached hydrogens (tertiary/aromatic N) is 1. The number of aryl methyl sites for hydroxylation is 1. The van der Waals surface area contributed by atoms with E-state index in [1.807, 2.05) is 19.1 Å². The molecule has 0 aliphatic carbocycles. The van der Waals surface area contributed by atoms with E-state index in [0.717, 1.165) is 11.3 Å². The summed E-state index contributed by atoms with van der Waals surface area (Å²) >= 11 is 5.92. The van der Waals surface area contributed by atoms with Crippen molar-refractivity contribution in [1.82, 2.24) is 5.43 Å². The first-order valence-corrected chi connectivity index (χ1v) is 9.37. The molecule has 0 bridgehead atoms. The molecule has 0 saturated carbocycles. The fourth-order valence-corrected chi connectivity index (χ4v) is 2.87. The van der Waals surface area contributed by atoms with Crippen LogP contribution in [0.1, 0.15) is 24.0 Å². The molecule has 0 heterocycles. The quantitative estimate of drug-likeness (QED) is 0.357. The van der Waals surface area contributed by atoms with Crippen molar-refractivity contribution in [3.8, 4) is 23.0 Å². The van der Waals surface area contributed by atoms with Gasteiger partial charge in [0, 0.05) is 17.0 Å². The van der Waals surface area contributed by atoms with Crippen LogP contribution in [0.3, 0.4) is 0 Å². The van der Waals surface area contributed by atoms with Gasteiger partial charge in [-0.15, -0.1) is 0 Å². The van der Waals surface area contributed by atoms with Crippen molar-refractivity contribution in [3.05, 3.63) is 46.5 Å². The number of hydrazone groups is 1. The molecule has 2 aromatic rings. The minimum Gasteiger partial charge on any atom is -0.493 e. The van der Waals surface area contributed by atoms with Crippen LogP contribution >= 0.6 is 11.6 Å². The Morgan fingerprint density at radius 3 is 2.45 bits per heavy atom. The highest BCUT2D eigenvalue weighted by Crippen LogP contribution is 2.38. The highest BCUT2D eigenvalue weighted by molar-refractivity contribution is 6.30. The Hall–Kier alpha value is -2.93. The van der Waals surface area contributed by atoms with Crippen molar-refractivity contribution in [3.63, 3.8) is 0 Å². The molecule has 0 radical (unpaired) electrons. The summed E-state index contributed by atoms with van der Waals surface area (Å²) in [6, 6.07) is 8.92. The van der Waals surface area contributed by atoms with Crippen LogP contribution in [0.4, 0.5) is 0 Å². The average molecular weight is 421 g/mol. The lowest BCUT2D eigenvalue weighted by molar-refractivity contribution is -0.121. The van der Waals surface area contributed by atoms with E-state index in [0.29, 0.717) is 40.9 Å². The van der Waals surface area contributed by atoms with E-state index in [2.05, 4.69) is 10.5 Å². The standard InChI is InChI=1S/C21H25ClN2O5/c1-14-12-16(22)8-10-17(14)29-11-5-6-19(25)24-23-13-15-7-9-18(26-2)21(28-4)20(15)27-3/h7-10,12-13H,5-6,11H2,1-4H3,(H,24,25). The second kappa shape index (κ2) is 11.2. The minimum absolute atomic E-state index is 0.211. The zero-order valence-electron chi connectivity index (χ0n) is 17.0. The first-order chi connectivity index (χ1) is 14.0. The van der Waals surface area contributed by atoms with E-state index in [9.17, 15) is 4.79 Å². The molecule has 0 atom stereocenters. The number of carbonyl (C=O) groups excluding carboxylic acids is 1. The van der Waals surface area contributed by atoms with Crippen molar-refractivity contribution in [2.24, 2.45) is 5.10 Å². The van der Waals surface area contributed by atoms with E-state index in [1.54, 1.807) is 25.3 Å². The number of benzene rings is 2. The van der Waals surface area contributed by atoms with E-state index < -0.39 is 0 Å². The molecule has 1 amide bonds. The molecular weight excluding hydrogens is 396 g/mol. The summed E-state index contributed by atoms with van der Waals surface area (Å²) in [7, 11) is 4.59. The predicted octanol–water partition coefficient (Wildman–Crippen LogP) is 3.98. The monoisotopic (exact) mass is 420 g/mol. The number of amides is 1. The molecule has 0 aliphatic heterocycles. The third-order valence-electron chi connectivity index (χ3n) is 4.07. The Morgan fingerprint density at radius 2 is 1.79 bits per heavy atom. The van der Waals surface area contributed by atoms with Crippen molar-refractivity contribution >= 4 is 23.7 Å². The van der Waals surface area contributed by atoms with Gasteiger partial charge in [0.1, 0.15) is 5.75 Å². The van der Waals surface area contributed by atoms with E-state index in [1.165, 1.54) is 20.4 Å². The SMILES string of the molecule is COc1ccc(C=NNC(=O)CCCOc2ccc(Cl)cc2C)c(OC)c1OC. The molecule has 2 rings (SSSR count). The van der Waals surface area contributed by atoms with Crippen molar-refractivity contribution in [2.75, 3.05) is 27.9 Å². The third kappa shape index (κ3) is 6.29. The Morgan fingerprint density at radius 1 is 1.07 bits per heavy atom. The number of rotatable bonds is 10. The number of carbonyl (C=O) groups is 1. The summed E-state index contributed by atoms with van der Waals surface area (Å²) in [6.07, 6.45) is 2.34. The topological polar surface area (TPSA) is 78.4 Å². The summed E-state index contributed by atoms with van der Waals surface area (Å²) in [5.74, 6) is 2.02. The van der Waals surface area contributed by atoms with Gasteiger partial charge in [0.25, 0.3) is 0 Å². The number of hydrogen-bond acceptors (Lipinski definition) is 6. The lowest BCUT2D eigenvalue weighted by Gasteiger charge is -2.13. The molecule has 0 fully saturated rings. The van der Waals surface area contributed by atoms with Crippen molar-refractivity contribution < 1.29 is 23.7 Å². The molecule has 7 nitrogen and oxygen atoms in total. The average Bonchev–Trinajstić information content (AvgIpc) is 2.71. The van der Waals surface area contributed by atoms with E-state index >= 15 is 0 Å². The van der Waals surface area contributed by atoms with Crippen LogP contribution in [-0.4, -0.2) is 40.1 Å². The predicted molar refractivity (Wildman–Crippen MR) is 113 cm³/mol. The number of hydrogen-bond donors (Lipinski definition) is 1. The van der Waals surface area contributed by atoms with Crippen LogP contribution in [0, 0.1) is 6.92 Å². The van der Waals surface area contributed by atoms with Gasteiger partial charge in [-0.1, -0.05) is 11.6 Å². The number of methoxy groups -OCH3 is 3. The second-order valence-electron chi connectivity index (χ2n) is 6.08. The lowest BCUT2D eigenvalue weighted by atomic mass is 10.2. The maximum Gasteiger partial charge on any atom is 0.240 e. The maximum absolute atomic E-state index is 12.0. The van der Waals surface area contributed by atoms with E-state index in [-0.39, 0.29) is 12.3 Å². The maximum atomic E-state index is 12.0. The van der Waals surface area contributed by atoms with Crippen LogP contribution in [-0.2, 0) is 4.79 Å². The van der Waals surface area contributed by atoms with Gasteiger partial charge in [-0.3, -0.25) is 4.79 Å². The molecule has 29 heavy (non-hydrogen) atoms. The van der Waals surface area contributed by atoms with Crippen LogP contribution in [0.5, 0.6) is 23.0 Å². The molecule has 0 spiro atoms. The highest BCUT2D eigenvalue weighted by atomic mass is 35.5. The Balaban J connectivity index is 1.83. The molecule has 1 N–H and O–H groups in total. The third-order valence-corrected chi connectivity index (χ3v) is 4.31. The summed E-state index contributed by atoms with van der Waals surface area (Å²) in [6.45, 7) is 2.34. The summed E-state index contributed by atoms with van der Waals surface area (Å²) in [5, 5.41) is 4.65. The highest BCUT2D eigenvalue weighted by Gasteiger charge is 2.14. The van der Waals surface area contributed by atoms with E-state index in [4.69, 9.17) is 30.5 Å². The molecule has 156 valence electrons. The van der Waals surface area contributed by atoms with Gasteiger partial charge in [0.2, 0.25) is 11.7 Å². The smallest absolute Gasteiger partial charge is 0.240 e. The molecule has 0 aromatic heterocycles. The molecule has 8 heteroatoms.